The van der Waals surface area contributed by atoms with Gasteiger partial charge in [0, 0.05) is 12.2 Å². The standard InChI is InChI=1S/C13H15ClN4O2/c1-8(2)18-11-3-12(14)15-5-10(11)13(19)16-4-9-6-20-7-17-9/h3,5-8H,4H2,1-2H3,(H,15,18)(H,16,19). The number of carbonyl (C=O) groups is 1. The molecule has 0 saturated carbocycles. The highest BCUT2D eigenvalue weighted by Gasteiger charge is 2.13. The van der Waals surface area contributed by atoms with Crippen molar-refractivity contribution in [2.24, 2.45) is 0 Å². The van der Waals surface area contributed by atoms with Gasteiger partial charge in [-0.15, -0.1) is 0 Å². The second-order valence-electron chi connectivity index (χ2n) is 4.51. The predicted molar refractivity (Wildman–Crippen MR) is 75.7 cm³/mol. The molecule has 2 N–H and O–H groups in total. The maximum Gasteiger partial charge on any atom is 0.255 e. The molecule has 2 aromatic heterocycles. The van der Waals surface area contributed by atoms with Gasteiger partial charge in [0.2, 0.25) is 0 Å². The Morgan fingerprint density at radius 1 is 1.45 bits per heavy atom. The minimum Gasteiger partial charge on any atom is -0.451 e. The van der Waals surface area contributed by atoms with Crippen molar-refractivity contribution in [1.82, 2.24) is 15.3 Å². The Balaban J connectivity index is 2.12. The Kier molecular flexibility index (Phi) is 4.57. The second-order valence-corrected chi connectivity index (χ2v) is 4.90. The van der Waals surface area contributed by atoms with E-state index >= 15 is 0 Å². The van der Waals surface area contributed by atoms with Crippen LogP contribution in [0.1, 0.15) is 29.9 Å². The lowest BCUT2D eigenvalue weighted by atomic mass is 10.2. The minimum absolute atomic E-state index is 0.176. The Morgan fingerprint density at radius 3 is 2.90 bits per heavy atom. The molecule has 0 bridgehead atoms. The first-order valence-electron chi connectivity index (χ1n) is 6.13. The number of rotatable bonds is 5. The molecule has 0 aliphatic carbocycles. The summed E-state index contributed by atoms with van der Waals surface area (Å²) >= 11 is 5.86. The van der Waals surface area contributed by atoms with E-state index in [1.165, 1.54) is 18.9 Å². The molecular weight excluding hydrogens is 280 g/mol. The molecule has 2 heterocycles. The molecule has 0 saturated heterocycles. The van der Waals surface area contributed by atoms with Crippen LogP contribution in [0.3, 0.4) is 0 Å². The zero-order valence-corrected chi connectivity index (χ0v) is 11.9. The average molecular weight is 295 g/mol. The van der Waals surface area contributed by atoms with Crippen LogP contribution in [-0.2, 0) is 6.54 Å². The monoisotopic (exact) mass is 294 g/mol. The largest absolute Gasteiger partial charge is 0.451 e. The number of halogens is 1. The lowest BCUT2D eigenvalue weighted by Crippen LogP contribution is -2.25. The number of nitrogens with zero attached hydrogens (tertiary/aromatic N) is 2. The number of nitrogens with one attached hydrogen (secondary N) is 2. The van der Waals surface area contributed by atoms with Crippen LogP contribution in [0.15, 0.2) is 29.3 Å². The first-order chi connectivity index (χ1) is 9.56. The van der Waals surface area contributed by atoms with Gasteiger partial charge in [-0.3, -0.25) is 4.79 Å². The Labute approximate surface area is 121 Å². The van der Waals surface area contributed by atoms with Gasteiger partial charge in [0.1, 0.15) is 11.4 Å². The zero-order chi connectivity index (χ0) is 14.5. The summed E-state index contributed by atoms with van der Waals surface area (Å²) in [7, 11) is 0. The van der Waals surface area contributed by atoms with Crippen LogP contribution in [0.4, 0.5) is 5.69 Å². The lowest BCUT2D eigenvalue weighted by Gasteiger charge is -2.14. The van der Waals surface area contributed by atoms with Gasteiger partial charge >= 0.3 is 0 Å². The Hall–Kier alpha value is -2.08. The first kappa shape index (κ1) is 14.3. The van der Waals surface area contributed by atoms with E-state index in [1.807, 2.05) is 13.8 Å². The molecule has 1 amide bonds. The molecule has 0 fully saturated rings. The number of amides is 1. The highest BCUT2D eigenvalue weighted by molar-refractivity contribution is 6.29. The summed E-state index contributed by atoms with van der Waals surface area (Å²) in [4.78, 5) is 20.0. The van der Waals surface area contributed by atoms with Gasteiger partial charge < -0.3 is 15.1 Å². The second kappa shape index (κ2) is 6.38. The maximum atomic E-state index is 12.2. The van der Waals surface area contributed by atoms with Crippen molar-refractivity contribution >= 4 is 23.2 Å². The summed E-state index contributed by atoms with van der Waals surface area (Å²) in [6.07, 6.45) is 4.25. The van der Waals surface area contributed by atoms with Crippen LogP contribution >= 0.6 is 11.6 Å². The molecule has 20 heavy (non-hydrogen) atoms. The number of pyridine rings is 1. The summed E-state index contributed by atoms with van der Waals surface area (Å²) in [5.41, 5.74) is 1.74. The van der Waals surface area contributed by atoms with Gasteiger partial charge in [-0.1, -0.05) is 11.6 Å². The lowest BCUT2D eigenvalue weighted by molar-refractivity contribution is 0.0951. The van der Waals surface area contributed by atoms with E-state index in [0.29, 0.717) is 28.6 Å². The van der Waals surface area contributed by atoms with E-state index in [-0.39, 0.29) is 11.9 Å². The number of aromatic nitrogens is 2. The third kappa shape index (κ3) is 3.71. The Morgan fingerprint density at radius 2 is 2.25 bits per heavy atom. The van der Waals surface area contributed by atoms with Crippen molar-refractivity contribution in [2.45, 2.75) is 26.4 Å². The van der Waals surface area contributed by atoms with Crippen molar-refractivity contribution in [3.8, 4) is 0 Å². The molecule has 6 nitrogen and oxygen atoms in total. The van der Waals surface area contributed by atoms with Crippen molar-refractivity contribution in [1.29, 1.82) is 0 Å². The topological polar surface area (TPSA) is 80.0 Å². The summed E-state index contributed by atoms with van der Waals surface area (Å²) in [6, 6.07) is 1.81. The van der Waals surface area contributed by atoms with E-state index in [2.05, 4.69) is 20.6 Å². The maximum absolute atomic E-state index is 12.2. The highest BCUT2D eigenvalue weighted by atomic mass is 35.5. The van der Waals surface area contributed by atoms with Crippen molar-refractivity contribution in [2.75, 3.05) is 5.32 Å². The van der Waals surface area contributed by atoms with Crippen LogP contribution in [0.2, 0.25) is 5.15 Å². The zero-order valence-electron chi connectivity index (χ0n) is 11.2. The molecule has 7 heteroatoms. The molecule has 0 spiro atoms. The van der Waals surface area contributed by atoms with Crippen LogP contribution < -0.4 is 10.6 Å². The number of hydrogen-bond donors (Lipinski definition) is 2. The van der Waals surface area contributed by atoms with Gasteiger partial charge in [-0.2, -0.15) is 0 Å². The Bertz CT molecular complexity index is 584. The molecule has 0 radical (unpaired) electrons. The molecule has 2 rings (SSSR count). The average Bonchev–Trinajstić information content (AvgIpc) is 2.88. The summed E-state index contributed by atoms with van der Waals surface area (Å²) in [5, 5.41) is 6.25. The van der Waals surface area contributed by atoms with Crippen molar-refractivity contribution < 1.29 is 9.21 Å². The molecule has 2 aromatic rings. The van der Waals surface area contributed by atoms with Gasteiger partial charge in [0.15, 0.2) is 6.39 Å². The molecule has 0 aliphatic rings. The minimum atomic E-state index is -0.250. The number of hydrogen-bond acceptors (Lipinski definition) is 5. The molecule has 0 atom stereocenters. The number of carbonyl (C=O) groups excluding carboxylic acids is 1. The smallest absolute Gasteiger partial charge is 0.255 e. The predicted octanol–water partition coefficient (Wildman–Crippen LogP) is 2.47. The molecule has 0 aromatic carbocycles. The van der Waals surface area contributed by atoms with E-state index in [1.54, 1.807) is 6.07 Å². The third-order valence-electron chi connectivity index (χ3n) is 2.47. The highest BCUT2D eigenvalue weighted by Crippen LogP contribution is 2.19. The quantitative estimate of drug-likeness (QED) is 0.828. The molecule has 0 unspecified atom stereocenters. The molecule has 106 valence electrons. The van der Waals surface area contributed by atoms with Gasteiger partial charge in [-0.25, -0.2) is 9.97 Å². The van der Waals surface area contributed by atoms with Crippen molar-refractivity contribution in [3.63, 3.8) is 0 Å². The number of oxazole rings is 1. The summed E-state index contributed by atoms with van der Waals surface area (Å²) < 4.78 is 4.84. The summed E-state index contributed by atoms with van der Waals surface area (Å²) in [5.74, 6) is -0.250. The SMILES string of the molecule is CC(C)Nc1cc(Cl)ncc1C(=O)NCc1cocn1. The van der Waals surface area contributed by atoms with E-state index in [4.69, 9.17) is 16.0 Å². The van der Waals surface area contributed by atoms with Crippen LogP contribution in [-0.4, -0.2) is 21.9 Å². The van der Waals surface area contributed by atoms with Crippen LogP contribution in [0.25, 0.3) is 0 Å². The van der Waals surface area contributed by atoms with Gasteiger partial charge in [0.05, 0.1) is 23.5 Å². The van der Waals surface area contributed by atoms with Gasteiger partial charge in [0.25, 0.3) is 5.91 Å². The first-order valence-corrected chi connectivity index (χ1v) is 6.51. The third-order valence-corrected chi connectivity index (χ3v) is 2.68. The van der Waals surface area contributed by atoms with Gasteiger partial charge in [-0.05, 0) is 19.9 Å². The van der Waals surface area contributed by atoms with Crippen molar-refractivity contribution in [3.05, 3.63) is 41.3 Å². The van der Waals surface area contributed by atoms with E-state index in [9.17, 15) is 4.79 Å². The fourth-order valence-electron chi connectivity index (χ4n) is 1.63. The van der Waals surface area contributed by atoms with E-state index < -0.39 is 0 Å². The molecule has 0 aliphatic heterocycles. The summed E-state index contributed by atoms with van der Waals surface area (Å²) in [6.45, 7) is 4.25. The number of anilines is 1. The normalized spacial score (nSPS) is 10.6. The van der Waals surface area contributed by atoms with E-state index in [0.717, 1.165) is 0 Å². The van der Waals surface area contributed by atoms with Crippen LogP contribution in [0, 0.1) is 0 Å². The van der Waals surface area contributed by atoms with Crippen LogP contribution in [0.5, 0.6) is 0 Å². The fraction of sp³-hybridized carbons (Fsp3) is 0.308. The fourth-order valence-corrected chi connectivity index (χ4v) is 1.79. The molecular formula is C13H15ClN4O2.